The Labute approximate surface area is 105 Å². The van der Waals surface area contributed by atoms with Gasteiger partial charge >= 0.3 is 0 Å². The largest absolute Gasteiger partial charge is 0.376 e. The van der Waals surface area contributed by atoms with E-state index < -0.39 is 0 Å². The first-order valence-corrected chi connectivity index (χ1v) is 6.35. The summed E-state index contributed by atoms with van der Waals surface area (Å²) in [4.78, 5) is 6.72. The van der Waals surface area contributed by atoms with Crippen LogP contribution in [0, 0.1) is 6.92 Å². The Morgan fingerprint density at radius 3 is 2.88 bits per heavy atom. The van der Waals surface area contributed by atoms with Crippen LogP contribution in [0.4, 0.5) is 5.82 Å². The van der Waals surface area contributed by atoms with Crippen molar-refractivity contribution in [3.8, 4) is 0 Å². The van der Waals surface area contributed by atoms with Gasteiger partial charge in [-0.15, -0.1) is 0 Å². The normalized spacial score (nSPS) is 24.8. The van der Waals surface area contributed by atoms with Gasteiger partial charge in [-0.1, -0.05) is 0 Å². The van der Waals surface area contributed by atoms with Gasteiger partial charge in [-0.2, -0.15) is 0 Å². The van der Waals surface area contributed by atoms with E-state index in [1.807, 2.05) is 6.20 Å². The van der Waals surface area contributed by atoms with Gasteiger partial charge in [-0.3, -0.25) is 0 Å². The second kappa shape index (κ2) is 4.72. The van der Waals surface area contributed by atoms with Gasteiger partial charge in [-0.25, -0.2) is 4.98 Å². The highest BCUT2D eigenvalue weighted by atomic mass is 79.9. The number of pyridine rings is 1. The van der Waals surface area contributed by atoms with E-state index in [0.29, 0.717) is 6.04 Å². The van der Waals surface area contributed by atoms with Crippen LogP contribution in [-0.2, 0) is 4.74 Å². The zero-order chi connectivity index (χ0) is 11.7. The van der Waals surface area contributed by atoms with Crippen LogP contribution in [0.2, 0.25) is 0 Å². The number of ether oxygens (including phenoxy) is 1. The van der Waals surface area contributed by atoms with Crippen molar-refractivity contribution >= 4 is 21.7 Å². The number of hydrogen-bond acceptors (Lipinski definition) is 3. The number of aryl methyl sites for hydroxylation is 1. The maximum atomic E-state index is 5.59. The molecule has 3 nitrogen and oxygen atoms in total. The van der Waals surface area contributed by atoms with Gasteiger partial charge in [0.2, 0.25) is 0 Å². The summed E-state index contributed by atoms with van der Waals surface area (Å²) >= 11 is 3.44. The smallest absolute Gasteiger partial charge is 0.131 e. The second-order valence-electron chi connectivity index (χ2n) is 4.34. The van der Waals surface area contributed by atoms with E-state index >= 15 is 0 Å². The molecule has 88 valence electrons. The monoisotopic (exact) mass is 284 g/mol. The molecule has 2 rings (SSSR count). The van der Waals surface area contributed by atoms with Crippen LogP contribution in [0.1, 0.15) is 18.9 Å². The number of anilines is 1. The summed E-state index contributed by atoms with van der Waals surface area (Å²) in [6.45, 7) is 5.07. The zero-order valence-electron chi connectivity index (χ0n) is 9.90. The van der Waals surface area contributed by atoms with Crippen LogP contribution >= 0.6 is 15.9 Å². The molecule has 0 spiro atoms. The van der Waals surface area contributed by atoms with Gasteiger partial charge in [0, 0.05) is 24.3 Å². The molecule has 0 bridgehead atoms. The van der Waals surface area contributed by atoms with E-state index in [1.165, 1.54) is 5.56 Å². The second-order valence-corrected chi connectivity index (χ2v) is 5.25. The highest BCUT2D eigenvalue weighted by Gasteiger charge is 2.29. The Kier molecular flexibility index (Phi) is 3.50. The van der Waals surface area contributed by atoms with E-state index in [0.717, 1.165) is 23.3 Å². The first kappa shape index (κ1) is 11.9. The molecule has 0 aromatic carbocycles. The van der Waals surface area contributed by atoms with Gasteiger partial charge < -0.3 is 9.64 Å². The number of aromatic nitrogens is 1. The summed E-state index contributed by atoms with van der Waals surface area (Å²) in [5.41, 5.74) is 1.19. The number of halogens is 1. The van der Waals surface area contributed by atoms with Crippen LogP contribution in [0.3, 0.4) is 0 Å². The fraction of sp³-hybridized carbons (Fsp3) is 0.583. The summed E-state index contributed by atoms with van der Waals surface area (Å²) < 4.78 is 6.62. The number of rotatable bonds is 2. The molecule has 1 aliphatic heterocycles. The third-order valence-electron chi connectivity index (χ3n) is 3.19. The molecule has 4 heteroatoms. The molecule has 0 amide bonds. The zero-order valence-corrected chi connectivity index (χ0v) is 11.5. The molecule has 0 aliphatic carbocycles. The Hall–Kier alpha value is -0.610. The lowest BCUT2D eigenvalue weighted by atomic mass is 10.1. The standard InChI is InChI=1S/C12H17BrN2O/c1-8-6-10(13)7-14-12(8)15(3)11-4-5-16-9(11)2/h6-7,9,11H,4-5H2,1-3H3. The third kappa shape index (κ3) is 2.23. The number of nitrogens with zero attached hydrogens (tertiary/aromatic N) is 2. The first-order chi connectivity index (χ1) is 7.59. The molecule has 1 saturated heterocycles. The molecule has 0 N–H and O–H groups in total. The molecule has 16 heavy (non-hydrogen) atoms. The fourth-order valence-corrected chi connectivity index (χ4v) is 2.73. The third-order valence-corrected chi connectivity index (χ3v) is 3.62. The summed E-state index contributed by atoms with van der Waals surface area (Å²) in [5, 5.41) is 0. The van der Waals surface area contributed by atoms with Gasteiger partial charge in [0.05, 0.1) is 12.1 Å². The van der Waals surface area contributed by atoms with E-state index in [2.05, 4.69) is 52.8 Å². The van der Waals surface area contributed by atoms with Gasteiger partial charge in [0.25, 0.3) is 0 Å². The molecule has 1 fully saturated rings. The van der Waals surface area contributed by atoms with Crippen molar-refractivity contribution in [2.24, 2.45) is 0 Å². The number of likely N-dealkylation sites (N-methyl/N-ethyl adjacent to an activating group) is 1. The van der Waals surface area contributed by atoms with E-state index in [-0.39, 0.29) is 6.10 Å². The highest BCUT2D eigenvalue weighted by molar-refractivity contribution is 9.10. The van der Waals surface area contributed by atoms with Crippen LogP contribution in [0.15, 0.2) is 16.7 Å². The van der Waals surface area contributed by atoms with Gasteiger partial charge in [-0.05, 0) is 47.8 Å². The van der Waals surface area contributed by atoms with Crippen molar-refractivity contribution in [1.29, 1.82) is 0 Å². The summed E-state index contributed by atoms with van der Waals surface area (Å²) in [5.74, 6) is 1.05. The minimum absolute atomic E-state index is 0.287. The molecule has 2 atom stereocenters. The summed E-state index contributed by atoms with van der Waals surface area (Å²) in [7, 11) is 2.10. The van der Waals surface area contributed by atoms with Gasteiger partial charge in [0.15, 0.2) is 0 Å². The molecule has 2 heterocycles. The minimum atomic E-state index is 0.287. The average Bonchev–Trinajstić information content (AvgIpc) is 2.63. The van der Waals surface area contributed by atoms with E-state index in [4.69, 9.17) is 4.74 Å². The first-order valence-electron chi connectivity index (χ1n) is 5.56. The van der Waals surface area contributed by atoms with Gasteiger partial charge in [0.1, 0.15) is 5.82 Å². The molecule has 1 aliphatic rings. The van der Waals surface area contributed by atoms with Crippen molar-refractivity contribution in [1.82, 2.24) is 4.98 Å². The quantitative estimate of drug-likeness (QED) is 0.835. The Morgan fingerprint density at radius 1 is 1.56 bits per heavy atom. The van der Waals surface area contributed by atoms with Crippen molar-refractivity contribution in [3.05, 3.63) is 22.3 Å². The molecular weight excluding hydrogens is 268 g/mol. The molecule has 2 unspecified atom stereocenters. The lowest BCUT2D eigenvalue weighted by molar-refractivity contribution is 0.118. The van der Waals surface area contributed by atoms with Crippen LogP contribution in [-0.4, -0.2) is 30.8 Å². The maximum absolute atomic E-state index is 5.59. The fourth-order valence-electron chi connectivity index (χ4n) is 2.29. The molecular formula is C12H17BrN2O. The van der Waals surface area contributed by atoms with Crippen molar-refractivity contribution in [3.63, 3.8) is 0 Å². The predicted octanol–water partition coefficient (Wildman–Crippen LogP) is 2.77. The Morgan fingerprint density at radius 2 is 2.31 bits per heavy atom. The minimum Gasteiger partial charge on any atom is -0.376 e. The lowest BCUT2D eigenvalue weighted by Gasteiger charge is -2.28. The molecule has 0 saturated carbocycles. The van der Waals surface area contributed by atoms with Crippen molar-refractivity contribution in [2.45, 2.75) is 32.4 Å². The predicted molar refractivity (Wildman–Crippen MR) is 68.9 cm³/mol. The topological polar surface area (TPSA) is 25.4 Å². The van der Waals surface area contributed by atoms with Crippen molar-refractivity contribution in [2.75, 3.05) is 18.6 Å². The average molecular weight is 285 g/mol. The molecule has 1 aromatic heterocycles. The number of hydrogen-bond donors (Lipinski definition) is 0. The van der Waals surface area contributed by atoms with E-state index in [1.54, 1.807) is 0 Å². The van der Waals surface area contributed by atoms with Crippen LogP contribution < -0.4 is 4.90 Å². The van der Waals surface area contributed by atoms with Crippen molar-refractivity contribution < 1.29 is 4.74 Å². The van der Waals surface area contributed by atoms with Crippen LogP contribution in [0.25, 0.3) is 0 Å². The molecule has 1 aromatic rings. The summed E-state index contributed by atoms with van der Waals surface area (Å²) in [6, 6.07) is 2.53. The molecule has 0 radical (unpaired) electrons. The Bertz CT molecular complexity index is 383. The maximum Gasteiger partial charge on any atom is 0.131 e. The lowest BCUT2D eigenvalue weighted by Crippen LogP contribution is -2.37. The SMILES string of the molecule is Cc1cc(Br)cnc1N(C)C1CCOC1C. The Balaban J connectivity index is 2.23. The van der Waals surface area contributed by atoms with Crippen LogP contribution in [0.5, 0.6) is 0 Å². The van der Waals surface area contributed by atoms with E-state index in [9.17, 15) is 0 Å². The summed E-state index contributed by atoms with van der Waals surface area (Å²) in [6.07, 6.45) is 3.21. The highest BCUT2D eigenvalue weighted by Crippen LogP contribution is 2.26.